The molecule has 0 bridgehead atoms. The Balaban J connectivity index is 1.72. The minimum absolute atomic E-state index is 0.0475. The van der Waals surface area contributed by atoms with Gasteiger partial charge in [0.25, 0.3) is 5.91 Å². The van der Waals surface area contributed by atoms with Crippen LogP contribution in [0.5, 0.6) is 5.75 Å². The van der Waals surface area contributed by atoms with Crippen LogP contribution in [0.15, 0.2) is 94.8 Å². The first kappa shape index (κ1) is 18.8. The van der Waals surface area contributed by atoms with E-state index in [9.17, 15) is 9.59 Å². The maximum absolute atomic E-state index is 13.4. The van der Waals surface area contributed by atoms with Gasteiger partial charge in [-0.2, -0.15) is 0 Å². The van der Waals surface area contributed by atoms with Crippen molar-refractivity contribution in [1.29, 1.82) is 0 Å². The van der Waals surface area contributed by atoms with E-state index >= 15 is 0 Å². The Morgan fingerprint density at radius 2 is 1.81 bits per heavy atom. The van der Waals surface area contributed by atoms with Crippen molar-refractivity contribution >= 4 is 22.7 Å². The molecule has 1 amide bonds. The number of hydrogen-bond acceptors (Lipinski definition) is 5. The summed E-state index contributed by atoms with van der Waals surface area (Å²) < 4.78 is 11.5. The summed E-state index contributed by atoms with van der Waals surface area (Å²) in [6.07, 6.45) is 3.28. The molecule has 1 atom stereocenters. The van der Waals surface area contributed by atoms with Crippen LogP contribution in [0.1, 0.15) is 27.7 Å². The molecule has 6 nitrogen and oxygen atoms in total. The first-order valence-electron chi connectivity index (χ1n) is 9.83. The van der Waals surface area contributed by atoms with E-state index in [1.54, 1.807) is 66.9 Å². The standard InChI is InChI=1S/C25H18N2O4/c1-2-15-30-17-12-10-16(11-13-17)22-21-23(28)18-7-3-4-8-19(18)31-24(21)25(29)27(22)20-9-5-6-14-26-20/h2-14,22H,1,15H2/t22-/m0/s1. The lowest BCUT2D eigenvalue weighted by Gasteiger charge is -2.24. The molecule has 3 heterocycles. The number of hydrogen-bond donors (Lipinski definition) is 0. The molecule has 4 aromatic rings. The lowest BCUT2D eigenvalue weighted by atomic mass is 9.98. The molecule has 2 aromatic carbocycles. The number of fused-ring (bicyclic) bond motifs is 2. The van der Waals surface area contributed by atoms with Crippen LogP contribution < -0.4 is 15.1 Å². The zero-order valence-electron chi connectivity index (χ0n) is 16.5. The fourth-order valence-electron chi connectivity index (χ4n) is 3.87. The summed E-state index contributed by atoms with van der Waals surface area (Å²) in [5.74, 6) is 0.766. The average Bonchev–Trinajstić information content (AvgIpc) is 3.11. The van der Waals surface area contributed by atoms with Crippen LogP contribution in [0.3, 0.4) is 0 Å². The van der Waals surface area contributed by atoms with E-state index in [-0.39, 0.29) is 11.2 Å². The second-order valence-corrected chi connectivity index (χ2v) is 7.10. The predicted octanol–water partition coefficient (Wildman–Crippen LogP) is 4.50. The van der Waals surface area contributed by atoms with Gasteiger partial charge < -0.3 is 9.15 Å². The van der Waals surface area contributed by atoms with Crippen molar-refractivity contribution in [1.82, 2.24) is 4.98 Å². The summed E-state index contributed by atoms with van der Waals surface area (Å²) in [6.45, 7) is 4.04. The zero-order chi connectivity index (χ0) is 21.4. The molecule has 0 N–H and O–H groups in total. The summed E-state index contributed by atoms with van der Waals surface area (Å²) in [6, 6.07) is 18.9. The van der Waals surface area contributed by atoms with Crippen LogP contribution in [-0.4, -0.2) is 17.5 Å². The maximum Gasteiger partial charge on any atom is 0.296 e. The van der Waals surface area contributed by atoms with Gasteiger partial charge in [-0.25, -0.2) is 4.98 Å². The molecule has 31 heavy (non-hydrogen) atoms. The highest BCUT2D eigenvalue weighted by molar-refractivity contribution is 6.10. The van der Waals surface area contributed by atoms with Gasteiger partial charge >= 0.3 is 0 Å². The molecule has 0 saturated heterocycles. The number of para-hydroxylation sites is 1. The average molecular weight is 410 g/mol. The fourth-order valence-corrected chi connectivity index (χ4v) is 3.87. The SMILES string of the molecule is C=CCOc1ccc([C@H]2c3c(oc4ccccc4c3=O)C(=O)N2c2ccccn2)cc1. The Kier molecular flexibility index (Phi) is 4.59. The van der Waals surface area contributed by atoms with Gasteiger partial charge in [0.2, 0.25) is 5.76 Å². The minimum atomic E-state index is -0.660. The summed E-state index contributed by atoms with van der Waals surface area (Å²) in [5, 5.41) is 0.438. The molecule has 6 heteroatoms. The van der Waals surface area contributed by atoms with E-state index in [0.717, 1.165) is 5.56 Å². The first-order valence-corrected chi connectivity index (χ1v) is 9.83. The lowest BCUT2D eigenvalue weighted by molar-refractivity contribution is 0.0970. The van der Waals surface area contributed by atoms with Crippen molar-refractivity contribution in [3.05, 3.63) is 113 Å². The van der Waals surface area contributed by atoms with Gasteiger partial charge in [0.15, 0.2) is 5.43 Å². The molecule has 1 aliphatic rings. The van der Waals surface area contributed by atoms with Gasteiger partial charge in [0, 0.05) is 6.20 Å². The number of nitrogens with zero attached hydrogens (tertiary/aromatic N) is 2. The third kappa shape index (κ3) is 3.09. The maximum atomic E-state index is 13.4. The molecule has 152 valence electrons. The highest BCUT2D eigenvalue weighted by atomic mass is 16.5. The van der Waals surface area contributed by atoms with Crippen molar-refractivity contribution in [3.8, 4) is 5.75 Å². The molecule has 0 radical (unpaired) electrons. The summed E-state index contributed by atoms with van der Waals surface area (Å²) in [5.41, 5.74) is 1.23. The molecular formula is C25H18N2O4. The van der Waals surface area contributed by atoms with Gasteiger partial charge in [0.05, 0.1) is 17.0 Å². The number of carbonyl (C=O) groups excluding carboxylic acids is 1. The van der Waals surface area contributed by atoms with Gasteiger partial charge in [-0.3, -0.25) is 14.5 Å². The Morgan fingerprint density at radius 3 is 2.55 bits per heavy atom. The van der Waals surface area contributed by atoms with E-state index < -0.39 is 11.9 Å². The molecule has 0 aliphatic carbocycles. The molecule has 2 aromatic heterocycles. The molecule has 0 unspecified atom stereocenters. The van der Waals surface area contributed by atoms with E-state index in [2.05, 4.69) is 11.6 Å². The second kappa shape index (κ2) is 7.57. The van der Waals surface area contributed by atoms with E-state index in [1.165, 1.54) is 4.90 Å². The highest BCUT2D eigenvalue weighted by Gasteiger charge is 2.44. The Bertz CT molecular complexity index is 1340. The molecular weight excluding hydrogens is 392 g/mol. The Labute approximate surface area is 178 Å². The monoisotopic (exact) mass is 410 g/mol. The highest BCUT2D eigenvalue weighted by Crippen LogP contribution is 2.40. The quantitative estimate of drug-likeness (QED) is 0.453. The summed E-state index contributed by atoms with van der Waals surface area (Å²) in [7, 11) is 0. The number of aromatic nitrogens is 1. The van der Waals surface area contributed by atoms with Crippen LogP contribution in [-0.2, 0) is 0 Å². The van der Waals surface area contributed by atoms with Crippen molar-refractivity contribution in [3.63, 3.8) is 0 Å². The first-order chi connectivity index (χ1) is 15.2. The fraction of sp³-hybridized carbons (Fsp3) is 0.0800. The van der Waals surface area contributed by atoms with Gasteiger partial charge in [-0.1, -0.05) is 43.0 Å². The molecule has 0 fully saturated rings. The number of amides is 1. The van der Waals surface area contributed by atoms with Gasteiger partial charge in [0.1, 0.15) is 23.8 Å². The van der Waals surface area contributed by atoms with Crippen LogP contribution in [0.25, 0.3) is 11.0 Å². The van der Waals surface area contributed by atoms with Gasteiger partial charge in [-0.15, -0.1) is 0 Å². The van der Waals surface area contributed by atoms with E-state index in [0.29, 0.717) is 34.7 Å². The summed E-state index contributed by atoms with van der Waals surface area (Å²) >= 11 is 0. The molecule has 1 aliphatic heterocycles. The predicted molar refractivity (Wildman–Crippen MR) is 118 cm³/mol. The Hall–Kier alpha value is -4.19. The zero-order valence-corrected chi connectivity index (χ0v) is 16.5. The third-order valence-electron chi connectivity index (χ3n) is 5.24. The summed E-state index contributed by atoms with van der Waals surface area (Å²) in [4.78, 5) is 32.7. The van der Waals surface area contributed by atoms with Crippen molar-refractivity contribution in [2.24, 2.45) is 0 Å². The van der Waals surface area contributed by atoms with Crippen molar-refractivity contribution in [2.45, 2.75) is 6.04 Å². The van der Waals surface area contributed by atoms with E-state index in [1.807, 2.05) is 12.1 Å². The largest absolute Gasteiger partial charge is 0.490 e. The molecule has 0 saturated carbocycles. The molecule has 5 rings (SSSR count). The van der Waals surface area contributed by atoms with Crippen LogP contribution in [0.4, 0.5) is 5.82 Å². The molecule has 0 spiro atoms. The van der Waals surface area contributed by atoms with Crippen LogP contribution >= 0.6 is 0 Å². The lowest BCUT2D eigenvalue weighted by Crippen LogP contribution is -2.30. The van der Waals surface area contributed by atoms with Crippen molar-refractivity contribution in [2.75, 3.05) is 11.5 Å². The third-order valence-corrected chi connectivity index (χ3v) is 5.24. The van der Waals surface area contributed by atoms with Gasteiger partial charge in [-0.05, 0) is 42.0 Å². The number of rotatable bonds is 5. The topological polar surface area (TPSA) is 72.6 Å². The number of carbonyl (C=O) groups is 1. The smallest absolute Gasteiger partial charge is 0.296 e. The second-order valence-electron chi connectivity index (χ2n) is 7.10. The number of anilines is 1. The minimum Gasteiger partial charge on any atom is -0.490 e. The number of pyridine rings is 1. The number of ether oxygens (including phenoxy) is 1. The van der Waals surface area contributed by atoms with Crippen molar-refractivity contribution < 1.29 is 13.9 Å². The van der Waals surface area contributed by atoms with Crippen LogP contribution in [0.2, 0.25) is 0 Å². The normalized spacial score (nSPS) is 15.2. The van der Waals surface area contributed by atoms with Crippen LogP contribution in [0, 0.1) is 0 Å². The number of benzene rings is 2. The van der Waals surface area contributed by atoms with E-state index in [4.69, 9.17) is 9.15 Å². The Morgan fingerprint density at radius 1 is 1.03 bits per heavy atom.